The predicted molar refractivity (Wildman–Crippen MR) is 67.1 cm³/mol. The van der Waals surface area contributed by atoms with E-state index in [2.05, 4.69) is 4.90 Å². The molecule has 1 aromatic carbocycles. The van der Waals surface area contributed by atoms with Gasteiger partial charge in [0.2, 0.25) is 0 Å². The molecular formula is C14H18FNO2. The summed E-state index contributed by atoms with van der Waals surface area (Å²) in [4.78, 5) is 2.15. The van der Waals surface area contributed by atoms with Gasteiger partial charge in [-0.05, 0) is 31.9 Å². The molecule has 0 amide bonds. The van der Waals surface area contributed by atoms with Crippen molar-refractivity contribution in [3.05, 3.63) is 29.6 Å². The maximum atomic E-state index is 13.8. The quantitative estimate of drug-likeness (QED) is 0.875. The summed E-state index contributed by atoms with van der Waals surface area (Å²) in [6, 6.07) is 4.99. The fourth-order valence-electron chi connectivity index (χ4n) is 3.03. The first-order valence-electron chi connectivity index (χ1n) is 6.52. The van der Waals surface area contributed by atoms with Crippen molar-refractivity contribution in [2.75, 3.05) is 18.0 Å². The molecule has 2 bridgehead atoms. The van der Waals surface area contributed by atoms with Gasteiger partial charge in [-0.15, -0.1) is 0 Å². The summed E-state index contributed by atoms with van der Waals surface area (Å²) in [5, 5.41) is 9.77. The van der Waals surface area contributed by atoms with Gasteiger partial charge in [0.25, 0.3) is 0 Å². The number of hydrogen-bond acceptors (Lipinski definition) is 3. The molecule has 2 saturated heterocycles. The van der Waals surface area contributed by atoms with E-state index in [1.165, 1.54) is 6.07 Å². The second-order valence-electron chi connectivity index (χ2n) is 5.21. The molecule has 0 aromatic heterocycles. The zero-order valence-corrected chi connectivity index (χ0v) is 10.5. The summed E-state index contributed by atoms with van der Waals surface area (Å²) in [7, 11) is 0. The van der Waals surface area contributed by atoms with Crippen LogP contribution >= 0.6 is 0 Å². The minimum absolute atomic E-state index is 0.258. The maximum Gasteiger partial charge on any atom is 0.131 e. The highest BCUT2D eigenvalue weighted by molar-refractivity contribution is 5.56. The lowest BCUT2D eigenvalue weighted by molar-refractivity contribution is 0.0302. The van der Waals surface area contributed by atoms with Crippen LogP contribution in [0.3, 0.4) is 0 Å². The maximum absolute atomic E-state index is 13.8. The number of hydrogen-bond donors (Lipinski definition) is 1. The number of morpholine rings is 1. The normalized spacial score (nSPS) is 28.5. The van der Waals surface area contributed by atoms with Gasteiger partial charge < -0.3 is 14.7 Å². The molecule has 2 aliphatic heterocycles. The van der Waals surface area contributed by atoms with E-state index in [9.17, 15) is 9.50 Å². The summed E-state index contributed by atoms with van der Waals surface area (Å²) in [6.07, 6.45) is 1.89. The van der Waals surface area contributed by atoms with Crippen molar-refractivity contribution in [3.63, 3.8) is 0 Å². The topological polar surface area (TPSA) is 32.7 Å². The third-order valence-electron chi connectivity index (χ3n) is 3.83. The summed E-state index contributed by atoms with van der Waals surface area (Å²) >= 11 is 0. The minimum atomic E-state index is -0.790. The summed E-state index contributed by atoms with van der Waals surface area (Å²) in [6.45, 7) is 3.19. The molecule has 4 heteroatoms. The number of rotatable bonds is 2. The third kappa shape index (κ3) is 1.99. The first kappa shape index (κ1) is 11.9. The van der Waals surface area contributed by atoms with Gasteiger partial charge in [0.15, 0.2) is 0 Å². The average Bonchev–Trinajstić information content (AvgIpc) is 2.67. The van der Waals surface area contributed by atoms with Gasteiger partial charge in [-0.2, -0.15) is 0 Å². The Bertz CT molecular complexity index is 437. The number of ether oxygens (including phenoxy) is 1. The Hall–Kier alpha value is -1.13. The van der Waals surface area contributed by atoms with Gasteiger partial charge in [0.1, 0.15) is 5.82 Å². The van der Waals surface area contributed by atoms with E-state index in [0.29, 0.717) is 5.56 Å². The van der Waals surface area contributed by atoms with Crippen LogP contribution in [0.25, 0.3) is 0 Å². The molecule has 1 aromatic rings. The molecule has 0 spiro atoms. The molecule has 2 aliphatic rings. The Labute approximate surface area is 106 Å². The molecule has 0 radical (unpaired) electrons. The van der Waals surface area contributed by atoms with Gasteiger partial charge in [-0.25, -0.2) is 4.39 Å². The second kappa shape index (κ2) is 4.52. The fourth-order valence-corrected chi connectivity index (χ4v) is 3.03. The lowest BCUT2D eigenvalue weighted by atomic mass is 10.1. The van der Waals surface area contributed by atoms with Crippen molar-refractivity contribution in [2.45, 2.75) is 38.1 Å². The van der Waals surface area contributed by atoms with Crippen molar-refractivity contribution in [2.24, 2.45) is 0 Å². The predicted octanol–water partition coefficient (Wildman–Crippen LogP) is 2.25. The Kier molecular flexibility index (Phi) is 2.99. The lowest BCUT2D eigenvalue weighted by Gasteiger charge is -2.35. The van der Waals surface area contributed by atoms with Gasteiger partial charge >= 0.3 is 0 Å². The van der Waals surface area contributed by atoms with E-state index in [1.807, 2.05) is 6.07 Å². The largest absolute Gasteiger partial charge is 0.389 e. The zero-order valence-electron chi connectivity index (χ0n) is 10.5. The molecule has 3 unspecified atom stereocenters. The van der Waals surface area contributed by atoms with E-state index in [1.54, 1.807) is 13.0 Å². The molecule has 18 heavy (non-hydrogen) atoms. The highest BCUT2D eigenvalue weighted by Gasteiger charge is 2.35. The van der Waals surface area contributed by atoms with Crippen molar-refractivity contribution >= 4 is 5.69 Å². The molecular weight excluding hydrogens is 233 g/mol. The van der Waals surface area contributed by atoms with Crippen LogP contribution in [0.15, 0.2) is 18.2 Å². The first-order chi connectivity index (χ1) is 8.65. The molecule has 0 aliphatic carbocycles. The van der Waals surface area contributed by atoms with Crippen molar-refractivity contribution in [1.29, 1.82) is 0 Å². The smallest absolute Gasteiger partial charge is 0.131 e. The monoisotopic (exact) mass is 251 g/mol. The number of fused-ring (bicyclic) bond motifs is 2. The van der Waals surface area contributed by atoms with Crippen LogP contribution in [0.4, 0.5) is 10.1 Å². The van der Waals surface area contributed by atoms with Crippen LogP contribution in [0, 0.1) is 5.82 Å². The molecule has 0 saturated carbocycles. The highest BCUT2D eigenvalue weighted by atomic mass is 19.1. The highest BCUT2D eigenvalue weighted by Crippen LogP contribution is 2.34. The zero-order chi connectivity index (χ0) is 12.7. The van der Waals surface area contributed by atoms with E-state index >= 15 is 0 Å². The second-order valence-corrected chi connectivity index (χ2v) is 5.21. The molecule has 3 rings (SSSR count). The van der Waals surface area contributed by atoms with Gasteiger partial charge in [0, 0.05) is 24.3 Å². The van der Waals surface area contributed by atoms with E-state index in [4.69, 9.17) is 4.74 Å². The number of anilines is 1. The third-order valence-corrected chi connectivity index (χ3v) is 3.83. The van der Waals surface area contributed by atoms with E-state index in [0.717, 1.165) is 31.6 Å². The van der Waals surface area contributed by atoms with Crippen molar-refractivity contribution in [1.82, 2.24) is 0 Å². The molecule has 1 N–H and O–H groups in total. The Morgan fingerprint density at radius 1 is 1.33 bits per heavy atom. The van der Waals surface area contributed by atoms with Crippen LogP contribution in [0.1, 0.15) is 31.4 Å². The Morgan fingerprint density at radius 2 is 2.00 bits per heavy atom. The number of aliphatic hydroxyl groups is 1. The fraction of sp³-hybridized carbons (Fsp3) is 0.571. The summed E-state index contributed by atoms with van der Waals surface area (Å²) in [5.74, 6) is -0.332. The van der Waals surface area contributed by atoms with Crippen LogP contribution in [-0.4, -0.2) is 30.4 Å². The Morgan fingerprint density at radius 3 is 2.61 bits per heavy atom. The van der Waals surface area contributed by atoms with Crippen molar-refractivity contribution < 1.29 is 14.2 Å². The Balaban J connectivity index is 1.94. The van der Waals surface area contributed by atoms with Gasteiger partial charge in [-0.3, -0.25) is 0 Å². The van der Waals surface area contributed by atoms with Crippen molar-refractivity contribution in [3.8, 4) is 0 Å². The van der Waals surface area contributed by atoms with Gasteiger partial charge in [-0.1, -0.05) is 6.07 Å². The average molecular weight is 251 g/mol. The number of benzene rings is 1. The minimum Gasteiger partial charge on any atom is -0.389 e. The van der Waals surface area contributed by atoms with Gasteiger partial charge in [0.05, 0.1) is 18.3 Å². The molecule has 98 valence electrons. The molecule has 2 heterocycles. The van der Waals surface area contributed by atoms with Crippen LogP contribution in [0.5, 0.6) is 0 Å². The lowest BCUT2D eigenvalue weighted by Crippen LogP contribution is -2.43. The molecule has 2 fully saturated rings. The number of halogens is 1. The molecule has 3 atom stereocenters. The summed E-state index contributed by atoms with van der Waals surface area (Å²) in [5.41, 5.74) is 1.21. The summed E-state index contributed by atoms with van der Waals surface area (Å²) < 4.78 is 19.6. The first-order valence-corrected chi connectivity index (χ1v) is 6.52. The van der Waals surface area contributed by atoms with E-state index in [-0.39, 0.29) is 18.0 Å². The van der Waals surface area contributed by atoms with Crippen LogP contribution in [0.2, 0.25) is 0 Å². The number of aliphatic hydroxyl groups excluding tert-OH is 1. The van der Waals surface area contributed by atoms with E-state index < -0.39 is 6.10 Å². The SMILES string of the molecule is CC(O)c1c(F)cccc1N1CC2CCC(C1)O2. The number of nitrogens with zero attached hydrogens (tertiary/aromatic N) is 1. The van der Waals surface area contributed by atoms with Crippen LogP contribution < -0.4 is 4.90 Å². The standard InChI is InChI=1S/C14H18FNO2/c1-9(17)14-12(15)3-2-4-13(14)16-7-10-5-6-11(8-16)18-10/h2-4,9-11,17H,5-8H2,1H3. The molecule has 3 nitrogen and oxygen atoms in total. The van der Waals surface area contributed by atoms with Crippen LogP contribution in [-0.2, 0) is 4.74 Å².